The Hall–Kier alpha value is -3.45. The van der Waals surface area contributed by atoms with Gasteiger partial charge in [0.05, 0.1) is 6.54 Å². The van der Waals surface area contributed by atoms with E-state index in [1.165, 1.54) is 0 Å². The van der Waals surface area contributed by atoms with Crippen LogP contribution in [-0.4, -0.2) is 66.6 Å². The molecule has 1 aliphatic heterocycles. The summed E-state index contributed by atoms with van der Waals surface area (Å²) in [4.78, 5) is 54.6. The summed E-state index contributed by atoms with van der Waals surface area (Å²) in [6.45, 7) is 7.15. The smallest absolute Gasteiger partial charge is 0.410 e. The van der Waals surface area contributed by atoms with E-state index in [4.69, 9.17) is 14.3 Å². The van der Waals surface area contributed by atoms with Gasteiger partial charge in [-0.1, -0.05) is 36.4 Å². The normalized spacial score (nSPS) is 12.8. The molecule has 0 saturated carbocycles. The van der Waals surface area contributed by atoms with Crippen molar-refractivity contribution in [1.29, 1.82) is 0 Å². The average molecular weight is 389 g/mol. The lowest BCUT2D eigenvalue weighted by atomic mass is 10.2. The zero-order valence-corrected chi connectivity index (χ0v) is 15.7. The van der Waals surface area contributed by atoms with Crippen molar-refractivity contribution >= 4 is 24.1 Å². The maximum atomic E-state index is 12.1. The van der Waals surface area contributed by atoms with Crippen LogP contribution in [-0.2, 0) is 30.5 Å². The topological polar surface area (TPSA) is 113 Å². The van der Waals surface area contributed by atoms with Gasteiger partial charge in [-0.15, -0.1) is 0 Å². The van der Waals surface area contributed by atoms with Crippen LogP contribution < -0.4 is 5.32 Å². The van der Waals surface area contributed by atoms with E-state index in [1.807, 2.05) is 31.2 Å². The van der Waals surface area contributed by atoms with Crippen LogP contribution in [0.4, 0.5) is 4.79 Å². The molecule has 1 saturated heterocycles. The second-order valence-electron chi connectivity index (χ2n) is 5.91. The molecule has 1 fully saturated rings. The minimum absolute atomic E-state index is 0.0667. The summed E-state index contributed by atoms with van der Waals surface area (Å²) in [5.41, 5.74) is 2.09. The van der Waals surface area contributed by atoms with E-state index in [0.29, 0.717) is 26.2 Å². The fourth-order valence-corrected chi connectivity index (χ4v) is 2.41. The Labute approximate surface area is 162 Å². The second-order valence-corrected chi connectivity index (χ2v) is 5.91. The summed E-state index contributed by atoms with van der Waals surface area (Å²) in [6.07, 6.45) is 0.988. The van der Waals surface area contributed by atoms with Crippen LogP contribution >= 0.6 is 0 Å². The first-order valence-corrected chi connectivity index (χ1v) is 8.55. The molecule has 28 heavy (non-hydrogen) atoms. The van der Waals surface area contributed by atoms with Crippen molar-refractivity contribution in [1.82, 2.24) is 15.1 Å². The van der Waals surface area contributed by atoms with Crippen molar-refractivity contribution < 1.29 is 28.7 Å². The molecule has 9 nitrogen and oxygen atoms in total. The molecule has 0 radical (unpaired) electrons. The van der Waals surface area contributed by atoms with E-state index >= 15 is 0 Å². The molecular weight excluding hydrogens is 366 g/mol. The first-order chi connectivity index (χ1) is 13.4. The van der Waals surface area contributed by atoms with E-state index in [9.17, 15) is 14.4 Å². The van der Waals surface area contributed by atoms with Gasteiger partial charge in [-0.05, 0) is 18.6 Å². The number of carbonyl (C=O) groups is 3. The lowest BCUT2D eigenvalue weighted by Gasteiger charge is -2.34. The molecule has 150 valence electrons. The molecule has 3 amide bonds. The molecule has 0 atom stereocenters. The number of hydrogen-bond donors (Lipinski definition) is 1. The third-order valence-electron chi connectivity index (χ3n) is 3.97. The Kier molecular flexibility index (Phi) is 9.71. The highest BCUT2D eigenvalue weighted by molar-refractivity contribution is 5.90. The summed E-state index contributed by atoms with van der Waals surface area (Å²) >= 11 is 0. The average Bonchev–Trinajstić information content (AvgIpc) is 2.71. The monoisotopic (exact) mass is 389 g/mol. The molecule has 1 aromatic carbocycles. The third-order valence-corrected chi connectivity index (χ3v) is 3.97. The molecule has 2 rings (SSSR count). The van der Waals surface area contributed by atoms with Crippen LogP contribution in [0.25, 0.3) is 0 Å². The molecule has 0 aliphatic carbocycles. The highest BCUT2D eigenvalue weighted by Crippen LogP contribution is 2.08. The Bertz CT molecular complexity index is 718. The van der Waals surface area contributed by atoms with Gasteiger partial charge >= 0.3 is 12.2 Å². The quantitative estimate of drug-likeness (QED) is 0.734. The van der Waals surface area contributed by atoms with E-state index in [1.54, 1.807) is 9.80 Å². The van der Waals surface area contributed by atoms with Crippen LogP contribution in [0.5, 0.6) is 0 Å². The molecule has 1 heterocycles. The molecule has 0 bridgehead atoms. The van der Waals surface area contributed by atoms with Crippen molar-refractivity contribution in [3.63, 3.8) is 0 Å². The summed E-state index contributed by atoms with van der Waals surface area (Å²) in [5.74, 6) is -0.561. The lowest BCUT2D eigenvalue weighted by Crippen LogP contribution is -2.52. The summed E-state index contributed by atoms with van der Waals surface area (Å²) in [5, 5.41) is 2.45. The van der Waals surface area contributed by atoms with Gasteiger partial charge in [-0.2, -0.15) is 9.59 Å². The van der Waals surface area contributed by atoms with E-state index in [0.717, 1.165) is 17.2 Å². The Morgan fingerprint density at radius 1 is 1.11 bits per heavy atom. The highest BCUT2D eigenvalue weighted by Gasteiger charge is 2.24. The van der Waals surface area contributed by atoms with Gasteiger partial charge < -0.3 is 19.9 Å². The molecule has 1 aromatic rings. The number of ether oxygens (including phenoxy) is 1. The third kappa shape index (κ3) is 7.84. The molecule has 1 N–H and O–H groups in total. The molecule has 0 spiro atoms. The zero-order chi connectivity index (χ0) is 20.9. The zero-order valence-electron chi connectivity index (χ0n) is 15.7. The van der Waals surface area contributed by atoms with Gasteiger partial charge in [0.25, 0.3) is 0 Å². The Morgan fingerprint density at radius 3 is 2.18 bits per heavy atom. The van der Waals surface area contributed by atoms with Gasteiger partial charge in [0.2, 0.25) is 11.8 Å². The van der Waals surface area contributed by atoms with Crippen LogP contribution in [0.2, 0.25) is 0 Å². The number of benzene rings is 1. The largest absolute Gasteiger partial charge is 0.445 e. The van der Waals surface area contributed by atoms with Crippen molar-refractivity contribution in [3.05, 3.63) is 48.0 Å². The number of nitrogens with zero attached hydrogens (tertiary/aromatic N) is 2. The number of amides is 3. The number of rotatable bonds is 5. The van der Waals surface area contributed by atoms with Crippen LogP contribution in [0, 0.1) is 6.92 Å². The minimum Gasteiger partial charge on any atom is -0.445 e. The SMILES string of the molecule is C=CC(=O)NCC(=O)N1CCN(C(=O)OCc2ccc(C)cc2)CC1.O=C=O. The van der Waals surface area contributed by atoms with E-state index in [-0.39, 0.29) is 37.2 Å². The van der Waals surface area contributed by atoms with Gasteiger partial charge in [0.1, 0.15) is 6.61 Å². The van der Waals surface area contributed by atoms with Gasteiger partial charge in [0, 0.05) is 26.2 Å². The first kappa shape index (κ1) is 22.6. The predicted molar refractivity (Wildman–Crippen MR) is 97.7 cm³/mol. The summed E-state index contributed by atoms with van der Waals surface area (Å²) < 4.78 is 5.31. The fraction of sp³-hybridized carbons (Fsp3) is 0.368. The maximum absolute atomic E-state index is 12.1. The number of carbonyl (C=O) groups excluding carboxylic acids is 5. The van der Waals surface area contributed by atoms with Gasteiger partial charge in [0.15, 0.2) is 0 Å². The van der Waals surface area contributed by atoms with Crippen molar-refractivity contribution in [2.24, 2.45) is 0 Å². The molecule has 9 heteroatoms. The lowest BCUT2D eigenvalue weighted by molar-refractivity contribution is -0.191. The Balaban J connectivity index is 0.00000122. The van der Waals surface area contributed by atoms with Gasteiger partial charge in [-0.3, -0.25) is 9.59 Å². The van der Waals surface area contributed by atoms with Crippen molar-refractivity contribution in [3.8, 4) is 0 Å². The summed E-state index contributed by atoms with van der Waals surface area (Å²) in [6, 6.07) is 7.80. The first-order valence-electron chi connectivity index (χ1n) is 8.55. The standard InChI is InChI=1S/C18H23N3O4.CO2/c1-3-16(22)19-12-17(23)20-8-10-21(11-9-20)18(24)25-13-15-6-4-14(2)5-7-15;2-1-3/h3-7H,1,8-13H2,2H3,(H,19,22);. The van der Waals surface area contributed by atoms with Gasteiger partial charge in [-0.25, -0.2) is 4.79 Å². The van der Waals surface area contributed by atoms with Crippen LogP contribution in [0.15, 0.2) is 36.9 Å². The summed E-state index contributed by atoms with van der Waals surface area (Å²) in [7, 11) is 0. The second kappa shape index (κ2) is 12.0. The van der Waals surface area contributed by atoms with Crippen molar-refractivity contribution in [2.45, 2.75) is 13.5 Å². The minimum atomic E-state index is -0.383. The molecular formula is C19H23N3O6. The molecule has 0 unspecified atom stereocenters. The highest BCUT2D eigenvalue weighted by atomic mass is 16.6. The van der Waals surface area contributed by atoms with E-state index < -0.39 is 0 Å². The van der Waals surface area contributed by atoms with Crippen LogP contribution in [0.1, 0.15) is 11.1 Å². The number of piperazine rings is 1. The van der Waals surface area contributed by atoms with Crippen LogP contribution in [0.3, 0.4) is 0 Å². The maximum Gasteiger partial charge on any atom is 0.410 e. The van der Waals surface area contributed by atoms with E-state index in [2.05, 4.69) is 11.9 Å². The number of hydrogen-bond acceptors (Lipinski definition) is 6. The fourth-order valence-electron chi connectivity index (χ4n) is 2.41. The van der Waals surface area contributed by atoms with Crippen molar-refractivity contribution in [2.75, 3.05) is 32.7 Å². The predicted octanol–water partition coefficient (Wildman–Crippen LogP) is 0.495. The number of aryl methyl sites for hydroxylation is 1. The Morgan fingerprint density at radius 2 is 1.64 bits per heavy atom. The molecule has 0 aromatic heterocycles. The molecule has 1 aliphatic rings. The number of nitrogens with one attached hydrogen (secondary N) is 1.